The highest BCUT2D eigenvalue weighted by Gasteiger charge is 2.27. The summed E-state index contributed by atoms with van der Waals surface area (Å²) in [4.78, 5) is 4.64. The Morgan fingerprint density at radius 2 is 1.96 bits per heavy atom. The molecule has 1 atom stereocenters. The van der Waals surface area contributed by atoms with Crippen LogP contribution in [0.5, 0.6) is 5.75 Å². The van der Waals surface area contributed by atoms with Crippen LogP contribution in [-0.4, -0.2) is 44.6 Å². The molecule has 1 aliphatic rings. The van der Waals surface area contributed by atoms with Gasteiger partial charge in [-0.25, -0.2) is 13.4 Å². The van der Waals surface area contributed by atoms with Gasteiger partial charge in [-0.2, -0.15) is 0 Å². The van der Waals surface area contributed by atoms with E-state index >= 15 is 0 Å². The molecule has 1 saturated heterocycles. The summed E-state index contributed by atoms with van der Waals surface area (Å²) in [6.45, 7) is 9.93. The standard InChI is InChI=1S/C19H31N3O3S.HI/c1-5-20-18(21-12-15-10-11-26(23,24)14-15)22-13-16-8-6-7-9-17(16)25-19(2,3)4;/h6-9,15H,5,10-14H2,1-4H3,(H2,20,21,22);1H. The first-order chi connectivity index (χ1) is 12.2. The quantitative estimate of drug-likeness (QED) is 0.350. The van der Waals surface area contributed by atoms with Crippen molar-refractivity contribution in [1.29, 1.82) is 0 Å². The molecule has 1 aromatic rings. The predicted octanol–water partition coefficient (Wildman–Crippen LogP) is 2.97. The van der Waals surface area contributed by atoms with Gasteiger partial charge in [0.1, 0.15) is 11.4 Å². The SMILES string of the molecule is CCNC(=NCc1ccccc1OC(C)(C)C)NCC1CCS(=O)(=O)C1.I. The van der Waals surface area contributed by atoms with Gasteiger partial charge in [-0.1, -0.05) is 18.2 Å². The van der Waals surface area contributed by atoms with Crippen LogP contribution in [-0.2, 0) is 16.4 Å². The van der Waals surface area contributed by atoms with E-state index in [-0.39, 0.29) is 41.2 Å². The summed E-state index contributed by atoms with van der Waals surface area (Å²) < 4.78 is 29.2. The van der Waals surface area contributed by atoms with E-state index in [1.807, 2.05) is 52.0 Å². The third-order valence-electron chi connectivity index (χ3n) is 4.03. The van der Waals surface area contributed by atoms with Gasteiger partial charge in [0.05, 0.1) is 18.1 Å². The molecule has 1 unspecified atom stereocenters. The van der Waals surface area contributed by atoms with Gasteiger partial charge in [0, 0.05) is 18.7 Å². The van der Waals surface area contributed by atoms with Crippen LogP contribution in [0.4, 0.5) is 0 Å². The van der Waals surface area contributed by atoms with Crippen LogP contribution in [0.3, 0.4) is 0 Å². The number of sulfone groups is 1. The normalized spacial score (nSPS) is 19.3. The van der Waals surface area contributed by atoms with Gasteiger partial charge in [-0.05, 0) is 46.1 Å². The van der Waals surface area contributed by atoms with Gasteiger partial charge in [0.25, 0.3) is 0 Å². The van der Waals surface area contributed by atoms with E-state index in [2.05, 4.69) is 15.6 Å². The van der Waals surface area contributed by atoms with Crippen molar-refractivity contribution in [1.82, 2.24) is 10.6 Å². The Bertz CT molecular complexity index is 730. The minimum Gasteiger partial charge on any atom is -0.488 e. The molecule has 0 amide bonds. The molecule has 6 nitrogen and oxygen atoms in total. The Balaban J connectivity index is 0.00000364. The molecule has 0 aliphatic carbocycles. The van der Waals surface area contributed by atoms with E-state index in [1.165, 1.54) is 0 Å². The highest BCUT2D eigenvalue weighted by Crippen LogP contribution is 2.23. The molecule has 0 radical (unpaired) electrons. The fraction of sp³-hybridized carbons (Fsp3) is 0.632. The first kappa shape index (κ1) is 24.0. The van der Waals surface area contributed by atoms with Crippen LogP contribution in [0, 0.1) is 5.92 Å². The lowest BCUT2D eigenvalue weighted by Crippen LogP contribution is -2.40. The Morgan fingerprint density at radius 3 is 2.56 bits per heavy atom. The molecule has 27 heavy (non-hydrogen) atoms. The molecule has 0 saturated carbocycles. The van der Waals surface area contributed by atoms with Crippen LogP contribution >= 0.6 is 24.0 Å². The minimum absolute atomic E-state index is 0. The number of nitrogens with zero attached hydrogens (tertiary/aromatic N) is 1. The highest BCUT2D eigenvalue weighted by atomic mass is 127. The first-order valence-electron chi connectivity index (χ1n) is 9.18. The van der Waals surface area contributed by atoms with Crippen molar-refractivity contribution in [2.75, 3.05) is 24.6 Å². The van der Waals surface area contributed by atoms with Crippen molar-refractivity contribution >= 4 is 39.8 Å². The Labute approximate surface area is 180 Å². The van der Waals surface area contributed by atoms with Crippen LogP contribution < -0.4 is 15.4 Å². The molecule has 1 aromatic carbocycles. The van der Waals surface area contributed by atoms with Crippen molar-refractivity contribution in [2.45, 2.75) is 46.3 Å². The molecule has 0 aromatic heterocycles. The molecule has 2 rings (SSSR count). The topological polar surface area (TPSA) is 79.8 Å². The summed E-state index contributed by atoms with van der Waals surface area (Å²) in [5.41, 5.74) is 0.749. The largest absolute Gasteiger partial charge is 0.488 e. The lowest BCUT2D eigenvalue weighted by Gasteiger charge is -2.23. The monoisotopic (exact) mass is 509 g/mol. The number of hydrogen-bond acceptors (Lipinski definition) is 4. The number of rotatable bonds is 6. The first-order valence-corrected chi connectivity index (χ1v) is 11.0. The second kappa shape index (κ2) is 10.5. The molecule has 1 heterocycles. The fourth-order valence-electron chi connectivity index (χ4n) is 2.84. The number of benzene rings is 1. The summed E-state index contributed by atoms with van der Waals surface area (Å²) in [5.74, 6) is 2.25. The second-order valence-corrected chi connectivity index (χ2v) is 9.90. The van der Waals surface area contributed by atoms with Crippen LogP contribution in [0.25, 0.3) is 0 Å². The maximum absolute atomic E-state index is 11.6. The Morgan fingerprint density at radius 1 is 1.26 bits per heavy atom. The number of halogens is 1. The summed E-state index contributed by atoms with van der Waals surface area (Å²) in [7, 11) is -2.85. The molecule has 0 bridgehead atoms. The number of guanidine groups is 1. The zero-order chi connectivity index (χ0) is 19.2. The minimum atomic E-state index is -2.85. The molecule has 0 spiro atoms. The average molecular weight is 509 g/mol. The molecule has 154 valence electrons. The van der Waals surface area contributed by atoms with Crippen LogP contribution in [0.1, 0.15) is 39.7 Å². The summed E-state index contributed by atoms with van der Waals surface area (Å²) in [6, 6.07) is 7.90. The smallest absolute Gasteiger partial charge is 0.191 e. The van der Waals surface area contributed by atoms with Gasteiger partial charge < -0.3 is 15.4 Å². The zero-order valence-electron chi connectivity index (χ0n) is 16.6. The van der Waals surface area contributed by atoms with Crippen molar-refractivity contribution in [3.8, 4) is 5.75 Å². The summed E-state index contributed by atoms with van der Waals surface area (Å²) in [6.07, 6.45) is 0.719. The number of nitrogens with one attached hydrogen (secondary N) is 2. The second-order valence-electron chi connectivity index (χ2n) is 7.67. The summed E-state index contributed by atoms with van der Waals surface area (Å²) in [5, 5.41) is 6.49. The van der Waals surface area contributed by atoms with Crippen LogP contribution in [0.15, 0.2) is 29.3 Å². The fourth-order valence-corrected chi connectivity index (χ4v) is 4.71. The summed E-state index contributed by atoms with van der Waals surface area (Å²) >= 11 is 0. The zero-order valence-corrected chi connectivity index (χ0v) is 19.8. The van der Waals surface area contributed by atoms with Gasteiger partial charge in [-0.3, -0.25) is 0 Å². The average Bonchev–Trinajstić information content (AvgIpc) is 2.89. The van der Waals surface area contributed by atoms with E-state index in [1.54, 1.807) is 0 Å². The van der Waals surface area contributed by atoms with E-state index < -0.39 is 9.84 Å². The number of para-hydroxylation sites is 1. The molecular formula is C19H32IN3O3S. The van der Waals surface area contributed by atoms with Crippen molar-refractivity contribution in [3.05, 3.63) is 29.8 Å². The predicted molar refractivity (Wildman–Crippen MR) is 122 cm³/mol. The molecular weight excluding hydrogens is 477 g/mol. The number of aliphatic imine (C=N–C) groups is 1. The van der Waals surface area contributed by atoms with Gasteiger partial charge in [0.15, 0.2) is 15.8 Å². The van der Waals surface area contributed by atoms with Crippen LogP contribution in [0.2, 0.25) is 0 Å². The Kier molecular flexibility index (Phi) is 9.33. The number of ether oxygens (including phenoxy) is 1. The Hall–Kier alpha value is -1.03. The number of hydrogen-bond donors (Lipinski definition) is 2. The maximum atomic E-state index is 11.6. The third-order valence-corrected chi connectivity index (χ3v) is 5.86. The van der Waals surface area contributed by atoms with Crippen molar-refractivity contribution in [2.24, 2.45) is 10.9 Å². The van der Waals surface area contributed by atoms with E-state index in [4.69, 9.17) is 4.74 Å². The molecule has 1 aliphatic heterocycles. The maximum Gasteiger partial charge on any atom is 0.191 e. The van der Waals surface area contributed by atoms with Crippen molar-refractivity contribution in [3.63, 3.8) is 0 Å². The van der Waals surface area contributed by atoms with E-state index in [0.29, 0.717) is 24.8 Å². The lowest BCUT2D eigenvalue weighted by molar-refractivity contribution is 0.129. The molecule has 1 fully saturated rings. The van der Waals surface area contributed by atoms with Crippen molar-refractivity contribution < 1.29 is 13.2 Å². The lowest BCUT2D eigenvalue weighted by atomic mass is 10.1. The molecule has 8 heteroatoms. The van der Waals surface area contributed by atoms with Gasteiger partial charge >= 0.3 is 0 Å². The van der Waals surface area contributed by atoms with E-state index in [9.17, 15) is 8.42 Å². The van der Waals surface area contributed by atoms with Gasteiger partial charge in [-0.15, -0.1) is 24.0 Å². The van der Waals surface area contributed by atoms with E-state index in [0.717, 1.165) is 24.3 Å². The third kappa shape index (κ3) is 8.68. The molecule has 2 N–H and O–H groups in total. The van der Waals surface area contributed by atoms with Gasteiger partial charge in [0.2, 0.25) is 0 Å². The highest BCUT2D eigenvalue weighted by molar-refractivity contribution is 14.0.